The van der Waals surface area contributed by atoms with Gasteiger partial charge in [0, 0.05) is 24.0 Å². The second-order valence-electron chi connectivity index (χ2n) is 5.21. The van der Waals surface area contributed by atoms with Gasteiger partial charge in [0.1, 0.15) is 0 Å². The van der Waals surface area contributed by atoms with E-state index >= 15 is 0 Å². The summed E-state index contributed by atoms with van der Waals surface area (Å²) in [5.41, 5.74) is 1.62. The maximum Gasteiger partial charge on any atom is 0.253 e. The Morgan fingerprint density at radius 1 is 1.30 bits per heavy atom. The van der Waals surface area contributed by atoms with Gasteiger partial charge in [0.25, 0.3) is 5.91 Å². The van der Waals surface area contributed by atoms with Gasteiger partial charge in [-0.25, -0.2) is 0 Å². The van der Waals surface area contributed by atoms with Crippen LogP contribution in [-0.4, -0.2) is 59.6 Å². The molecule has 0 aliphatic carbocycles. The zero-order valence-electron chi connectivity index (χ0n) is 12.4. The molecule has 1 N–H and O–H groups in total. The van der Waals surface area contributed by atoms with Crippen LogP contribution in [0.5, 0.6) is 0 Å². The number of hydrogen-bond donors (Lipinski definition) is 1. The standard InChI is InChI=1S/C15H22N4O/c1-4-19(9-5-8-18(2)3)15(20)12-6-7-13-11-16-17-14(13)10-12/h6-7,10-11H,4-5,8-9H2,1-3H3,(H,16,17). The predicted octanol–water partition coefficient (Wildman–Crippen LogP) is 1.98. The summed E-state index contributed by atoms with van der Waals surface area (Å²) in [5.74, 6) is 0.0859. The van der Waals surface area contributed by atoms with Gasteiger partial charge in [-0.3, -0.25) is 9.89 Å². The number of H-pyrrole nitrogens is 1. The third-order valence-electron chi connectivity index (χ3n) is 3.39. The summed E-state index contributed by atoms with van der Waals surface area (Å²) < 4.78 is 0. The van der Waals surface area contributed by atoms with Crippen molar-refractivity contribution in [2.24, 2.45) is 0 Å². The Kier molecular flexibility index (Phi) is 4.74. The molecule has 2 aromatic rings. The highest BCUT2D eigenvalue weighted by Crippen LogP contribution is 2.14. The van der Waals surface area contributed by atoms with Crippen LogP contribution in [0.25, 0.3) is 10.9 Å². The Labute approximate surface area is 119 Å². The van der Waals surface area contributed by atoms with Crippen LogP contribution in [0, 0.1) is 0 Å². The van der Waals surface area contributed by atoms with Crippen LogP contribution in [0.15, 0.2) is 24.4 Å². The fourth-order valence-corrected chi connectivity index (χ4v) is 2.23. The molecule has 0 fully saturated rings. The lowest BCUT2D eigenvalue weighted by Gasteiger charge is -2.22. The Bertz CT molecular complexity index is 576. The summed E-state index contributed by atoms with van der Waals surface area (Å²) in [6.45, 7) is 4.52. The normalized spacial score (nSPS) is 11.2. The number of aromatic amines is 1. The maximum absolute atomic E-state index is 12.5. The van der Waals surface area contributed by atoms with Crippen molar-refractivity contribution in [2.75, 3.05) is 33.7 Å². The van der Waals surface area contributed by atoms with Gasteiger partial charge < -0.3 is 9.80 Å². The van der Waals surface area contributed by atoms with Crippen LogP contribution in [0.2, 0.25) is 0 Å². The van der Waals surface area contributed by atoms with Crippen LogP contribution < -0.4 is 0 Å². The van der Waals surface area contributed by atoms with Crippen molar-refractivity contribution in [1.82, 2.24) is 20.0 Å². The smallest absolute Gasteiger partial charge is 0.253 e. The highest BCUT2D eigenvalue weighted by Gasteiger charge is 2.14. The number of nitrogens with zero attached hydrogens (tertiary/aromatic N) is 3. The summed E-state index contributed by atoms with van der Waals surface area (Å²) in [4.78, 5) is 16.5. The number of carbonyl (C=O) groups excluding carboxylic acids is 1. The number of aromatic nitrogens is 2. The third-order valence-corrected chi connectivity index (χ3v) is 3.39. The lowest BCUT2D eigenvalue weighted by molar-refractivity contribution is 0.0759. The second-order valence-corrected chi connectivity index (χ2v) is 5.21. The molecule has 0 atom stereocenters. The number of amides is 1. The predicted molar refractivity (Wildman–Crippen MR) is 80.8 cm³/mol. The molecule has 0 bridgehead atoms. The average Bonchev–Trinajstić information content (AvgIpc) is 2.90. The minimum atomic E-state index is 0.0859. The van der Waals surface area contributed by atoms with E-state index in [4.69, 9.17) is 0 Å². The molecule has 0 radical (unpaired) electrons. The van der Waals surface area contributed by atoms with Crippen LogP contribution in [-0.2, 0) is 0 Å². The van der Waals surface area contributed by atoms with Crippen molar-refractivity contribution in [3.63, 3.8) is 0 Å². The Morgan fingerprint density at radius 2 is 2.10 bits per heavy atom. The zero-order valence-corrected chi connectivity index (χ0v) is 12.4. The number of carbonyl (C=O) groups is 1. The second kappa shape index (κ2) is 6.52. The lowest BCUT2D eigenvalue weighted by atomic mass is 10.1. The monoisotopic (exact) mass is 274 g/mol. The molecule has 0 aliphatic heterocycles. The van der Waals surface area contributed by atoms with Gasteiger partial charge in [-0.2, -0.15) is 5.10 Å². The topological polar surface area (TPSA) is 52.2 Å². The SMILES string of the molecule is CCN(CCCN(C)C)C(=O)c1ccc2cn[nH]c2c1. The summed E-state index contributed by atoms with van der Waals surface area (Å²) in [6.07, 6.45) is 2.75. The van der Waals surface area contributed by atoms with E-state index in [1.807, 2.05) is 44.1 Å². The van der Waals surface area contributed by atoms with E-state index in [1.165, 1.54) is 0 Å². The third kappa shape index (κ3) is 3.36. The first-order valence-corrected chi connectivity index (χ1v) is 6.99. The minimum absolute atomic E-state index is 0.0859. The van der Waals surface area contributed by atoms with Gasteiger partial charge in [0.15, 0.2) is 0 Å². The van der Waals surface area contributed by atoms with Crippen molar-refractivity contribution < 1.29 is 4.79 Å². The van der Waals surface area contributed by atoms with Crippen LogP contribution in [0.3, 0.4) is 0 Å². The number of benzene rings is 1. The lowest BCUT2D eigenvalue weighted by Crippen LogP contribution is -2.33. The molecule has 1 amide bonds. The summed E-state index contributed by atoms with van der Waals surface area (Å²) in [7, 11) is 4.09. The van der Waals surface area contributed by atoms with Gasteiger partial charge in [0.2, 0.25) is 0 Å². The highest BCUT2D eigenvalue weighted by atomic mass is 16.2. The van der Waals surface area contributed by atoms with Crippen LogP contribution in [0.4, 0.5) is 0 Å². The van der Waals surface area contributed by atoms with E-state index in [1.54, 1.807) is 6.20 Å². The molecule has 5 nitrogen and oxygen atoms in total. The molecule has 0 spiro atoms. The molecule has 1 heterocycles. The number of rotatable bonds is 6. The number of nitrogens with one attached hydrogen (secondary N) is 1. The molecule has 1 aromatic heterocycles. The molecule has 0 aliphatic rings. The number of hydrogen-bond acceptors (Lipinski definition) is 3. The molecule has 2 rings (SSSR count). The maximum atomic E-state index is 12.5. The fourth-order valence-electron chi connectivity index (χ4n) is 2.23. The largest absolute Gasteiger partial charge is 0.339 e. The van der Waals surface area contributed by atoms with Gasteiger partial charge in [0.05, 0.1) is 11.7 Å². The quantitative estimate of drug-likeness (QED) is 0.876. The van der Waals surface area contributed by atoms with E-state index in [0.717, 1.165) is 37.0 Å². The van der Waals surface area contributed by atoms with E-state index < -0.39 is 0 Å². The molecule has 0 saturated heterocycles. The van der Waals surface area contributed by atoms with E-state index in [2.05, 4.69) is 15.1 Å². The van der Waals surface area contributed by atoms with Crippen LogP contribution in [0.1, 0.15) is 23.7 Å². The van der Waals surface area contributed by atoms with Crippen molar-refractivity contribution in [3.05, 3.63) is 30.0 Å². The van der Waals surface area contributed by atoms with E-state index in [9.17, 15) is 4.79 Å². The molecular formula is C15H22N4O. The first kappa shape index (κ1) is 14.5. The Morgan fingerprint density at radius 3 is 2.80 bits per heavy atom. The van der Waals surface area contributed by atoms with E-state index in [-0.39, 0.29) is 5.91 Å². The molecule has 108 valence electrons. The first-order valence-electron chi connectivity index (χ1n) is 6.99. The summed E-state index contributed by atoms with van der Waals surface area (Å²) in [6, 6.07) is 5.67. The zero-order chi connectivity index (χ0) is 14.5. The molecule has 20 heavy (non-hydrogen) atoms. The van der Waals surface area contributed by atoms with Crippen molar-refractivity contribution in [3.8, 4) is 0 Å². The average molecular weight is 274 g/mol. The van der Waals surface area contributed by atoms with Crippen molar-refractivity contribution in [1.29, 1.82) is 0 Å². The Balaban J connectivity index is 2.06. The molecule has 5 heteroatoms. The summed E-state index contributed by atoms with van der Waals surface area (Å²) in [5, 5.41) is 7.91. The van der Waals surface area contributed by atoms with E-state index in [0.29, 0.717) is 5.56 Å². The van der Waals surface area contributed by atoms with Gasteiger partial charge in [-0.1, -0.05) is 6.07 Å². The van der Waals surface area contributed by atoms with Gasteiger partial charge in [-0.05, 0) is 46.1 Å². The van der Waals surface area contributed by atoms with Gasteiger partial charge >= 0.3 is 0 Å². The van der Waals surface area contributed by atoms with Crippen LogP contribution >= 0.6 is 0 Å². The number of fused-ring (bicyclic) bond motifs is 1. The van der Waals surface area contributed by atoms with Crippen molar-refractivity contribution >= 4 is 16.8 Å². The highest BCUT2D eigenvalue weighted by molar-refractivity contribution is 5.97. The molecule has 0 saturated carbocycles. The summed E-state index contributed by atoms with van der Waals surface area (Å²) >= 11 is 0. The van der Waals surface area contributed by atoms with Gasteiger partial charge in [-0.15, -0.1) is 0 Å². The van der Waals surface area contributed by atoms with Crippen molar-refractivity contribution in [2.45, 2.75) is 13.3 Å². The Hall–Kier alpha value is -1.88. The molecular weight excluding hydrogens is 252 g/mol. The molecule has 1 aromatic carbocycles. The minimum Gasteiger partial charge on any atom is -0.339 e. The molecule has 0 unspecified atom stereocenters. The first-order chi connectivity index (χ1) is 9.61. The fraction of sp³-hybridized carbons (Fsp3) is 0.467.